The SMILES string of the molecule is CC(=O)CCCCCC[C@@H]1[C@@H](CCC(O)C#Cc2cccc(F)c2)[C@H](O)C[C@@H]1O. The average molecular weight is 405 g/mol. The molecule has 4 nitrogen and oxygen atoms in total. The van der Waals surface area contributed by atoms with Crippen molar-refractivity contribution in [3.8, 4) is 11.8 Å². The Hall–Kier alpha value is -1.74. The Morgan fingerprint density at radius 3 is 2.52 bits per heavy atom. The summed E-state index contributed by atoms with van der Waals surface area (Å²) in [5.74, 6) is 5.35. The van der Waals surface area contributed by atoms with Crippen LogP contribution in [-0.4, -0.2) is 39.4 Å². The Balaban J connectivity index is 1.78. The van der Waals surface area contributed by atoms with Gasteiger partial charge in [0.05, 0.1) is 12.2 Å². The molecule has 0 bridgehead atoms. The first-order chi connectivity index (χ1) is 13.9. The number of aliphatic hydroxyl groups is 3. The summed E-state index contributed by atoms with van der Waals surface area (Å²) < 4.78 is 13.2. The number of ketones is 1. The molecule has 29 heavy (non-hydrogen) atoms. The first-order valence-electron chi connectivity index (χ1n) is 10.7. The van der Waals surface area contributed by atoms with E-state index < -0.39 is 18.3 Å². The van der Waals surface area contributed by atoms with E-state index in [9.17, 15) is 24.5 Å². The van der Waals surface area contributed by atoms with E-state index in [1.54, 1.807) is 19.1 Å². The molecule has 1 aromatic rings. The summed E-state index contributed by atoms with van der Waals surface area (Å²) in [6, 6.07) is 5.93. The Kier molecular flexibility index (Phi) is 9.80. The molecule has 0 aromatic heterocycles. The molecule has 5 heteroatoms. The van der Waals surface area contributed by atoms with E-state index in [2.05, 4.69) is 11.8 Å². The number of carbonyl (C=O) groups excluding carboxylic acids is 1. The van der Waals surface area contributed by atoms with E-state index in [4.69, 9.17) is 0 Å². The molecule has 5 atom stereocenters. The van der Waals surface area contributed by atoms with E-state index in [-0.39, 0.29) is 23.4 Å². The summed E-state index contributed by atoms with van der Waals surface area (Å²) in [7, 11) is 0. The lowest BCUT2D eigenvalue weighted by atomic mass is 9.85. The van der Waals surface area contributed by atoms with Crippen molar-refractivity contribution in [2.75, 3.05) is 0 Å². The van der Waals surface area contributed by atoms with Crippen LogP contribution in [0, 0.1) is 29.5 Å². The quantitative estimate of drug-likeness (QED) is 0.411. The van der Waals surface area contributed by atoms with Crippen LogP contribution in [0.4, 0.5) is 4.39 Å². The zero-order valence-corrected chi connectivity index (χ0v) is 17.2. The molecule has 1 aromatic carbocycles. The summed E-state index contributed by atoms with van der Waals surface area (Å²) >= 11 is 0. The standard InChI is InChI=1S/C24H33FO4/c1-17(26)7-4-2-3-5-10-21-22(24(29)16-23(21)28)14-13-20(27)12-11-18-8-6-9-19(25)15-18/h6,8-9,15,20-24,27-29H,2-5,7,10,13-14,16H2,1H3/t20?,21-,22-,23+,24-/m1/s1. The van der Waals surface area contributed by atoms with Gasteiger partial charge >= 0.3 is 0 Å². The van der Waals surface area contributed by atoms with E-state index in [0.29, 0.717) is 31.2 Å². The number of benzene rings is 1. The fourth-order valence-corrected chi connectivity index (χ4v) is 4.24. The normalized spacial score (nSPS) is 24.7. The third kappa shape index (κ3) is 8.26. The number of hydrogen-bond donors (Lipinski definition) is 3. The third-order valence-electron chi connectivity index (χ3n) is 5.82. The molecule has 3 N–H and O–H groups in total. The predicted molar refractivity (Wildman–Crippen MR) is 111 cm³/mol. The van der Waals surface area contributed by atoms with Gasteiger partial charge in [0.15, 0.2) is 0 Å². The van der Waals surface area contributed by atoms with Crippen molar-refractivity contribution in [2.24, 2.45) is 11.8 Å². The Labute approximate surface area is 173 Å². The smallest absolute Gasteiger partial charge is 0.129 e. The Bertz CT molecular complexity index is 708. The molecule has 1 unspecified atom stereocenters. The minimum absolute atomic E-state index is 0.0289. The first kappa shape index (κ1) is 23.5. The van der Waals surface area contributed by atoms with Crippen LogP contribution in [-0.2, 0) is 4.79 Å². The van der Waals surface area contributed by atoms with Crippen LogP contribution in [0.2, 0.25) is 0 Å². The van der Waals surface area contributed by atoms with Crippen LogP contribution >= 0.6 is 0 Å². The number of unbranched alkanes of at least 4 members (excludes halogenated alkanes) is 3. The minimum atomic E-state index is -0.851. The maximum Gasteiger partial charge on any atom is 0.129 e. The van der Waals surface area contributed by atoms with Gasteiger partial charge in [-0.25, -0.2) is 4.39 Å². The van der Waals surface area contributed by atoms with Crippen molar-refractivity contribution in [3.63, 3.8) is 0 Å². The molecule has 2 rings (SSSR count). The lowest BCUT2D eigenvalue weighted by Crippen LogP contribution is -2.23. The van der Waals surface area contributed by atoms with Crippen molar-refractivity contribution in [1.29, 1.82) is 0 Å². The number of rotatable bonds is 10. The maximum atomic E-state index is 13.2. The van der Waals surface area contributed by atoms with Gasteiger partial charge in [0.2, 0.25) is 0 Å². The number of hydrogen-bond acceptors (Lipinski definition) is 4. The second-order valence-electron chi connectivity index (χ2n) is 8.23. The second-order valence-corrected chi connectivity index (χ2v) is 8.23. The number of Topliss-reactive ketones (excluding diaryl/α,β-unsaturated/α-hetero) is 1. The summed E-state index contributed by atoms with van der Waals surface area (Å²) in [5, 5.41) is 30.8. The fraction of sp³-hybridized carbons (Fsp3) is 0.625. The van der Waals surface area contributed by atoms with Gasteiger partial charge in [0.25, 0.3) is 0 Å². The van der Waals surface area contributed by atoms with Gasteiger partial charge in [0.1, 0.15) is 17.7 Å². The molecule has 0 aliphatic heterocycles. The van der Waals surface area contributed by atoms with Gasteiger partial charge in [0, 0.05) is 12.0 Å². The van der Waals surface area contributed by atoms with Crippen molar-refractivity contribution >= 4 is 5.78 Å². The zero-order valence-electron chi connectivity index (χ0n) is 17.2. The highest BCUT2D eigenvalue weighted by atomic mass is 19.1. The molecule has 1 saturated carbocycles. The molecule has 160 valence electrons. The van der Waals surface area contributed by atoms with Crippen LogP contribution in [0.25, 0.3) is 0 Å². The van der Waals surface area contributed by atoms with Crippen LogP contribution < -0.4 is 0 Å². The molecule has 0 radical (unpaired) electrons. The van der Waals surface area contributed by atoms with E-state index >= 15 is 0 Å². The van der Waals surface area contributed by atoms with Gasteiger partial charge in [-0.05, 0) is 69.1 Å². The van der Waals surface area contributed by atoms with Crippen molar-refractivity contribution in [3.05, 3.63) is 35.6 Å². The largest absolute Gasteiger partial charge is 0.393 e. The Morgan fingerprint density at radius 2 is 1.83 bits per heavy atom. The molecular formula is C24H33FO4. The predicted octanol–water partition coefficient (Wildman–Crippen LogP) is 3.61. The summed E-state index contributed by atoms with van der Waals surface area (Å²) in [6.45, 7) is 1.61. The lowest BCUT2D eigenvalue weighted by Gasteiger charge is -2.24. The molecule has 0 spiro atoms. The molecule has 1 aliphatic rings. The summed E-state index contributed by atoms with van der Waals surface area (Å²) in [4.78, 5) is 11.0. The first-order valence-corrected chi connectivity index (χ1v) is 10.7. The lowest BCUT2D eigenvalue weighted by molar-refractivity contribution is -0.117. The molecule has 1 fully saturated rings. The maximum absolute atomic E-state index is 13.2. The molecular weight excluding hydrogens is 371 g/mol. The van der Waals surface area contributed by atoms with E-state index in [1.807, 2.05) is 0 Å². The highest BCUT2D eigenvalue weighted by Gasteiger charge is 2.40. The highest BCUT2D eigenvalue weighted by molar-refractivity contribution is 5.75. The summed E-state index contributed by atoms with van der Waals surface area (Å²) in [5.41, 5.74) is 0.517. The van der Waals surface area contributed by atoms with Gasteiger partial charge in [-0.1, -0.05) is 37.2 Å². The molecule has 0 saturated heterocycles. The van der Waals surface area contributed by atoms with Gasteiger partial charge in [-0.2, -0.15) is 0 Å². The fourth-order valence-electron chi connectivity index (χ4n) is 4.24. The van der Waals surface area contributed by atoms with Crippen LogP contribution in [0.15, 0.2) is 24.3 Å². The third-order valence-corrected chi connectivity index (χ3v) is 5.82. The van der Waals surface area contributed by atoms with Crippen LogP contribution in [0.5, 0.6) is 0 Å². The van der Waals surface area contributed by atoms with Gasteiger partial charge < -0.3 is 20.1 Å². The molecule has 0 heterocycles. The van der Waals surface area contributed by atoms with Crippen molar-refractivity contribution in [1.82, 2.24) is 0 Å². The van der Waals surface area contributed by atoms with Gasteiger partial charge in [-0.15, -0.1) is 0 Å². The number of carbonyl (C=O) groups is 1. The van der Waals surface area contributed by atoms with Crippen LogP contribution in [0.3, 0.4) is 0 Å². The molecule has 1 aliphatic carbocycles. The van der Waals surface area contributed by atoms with E-state index in [0.717, 1.165) is 32.1 Å². The topological polar surface area (TPSA) is 77.8 Å². The van der Waals surface area contributed by atoms with Crippen molar-refractivity contribution in [2.45, 2.75) is 83.0 Å². The minimum Gasteiger partial charge on any atom is -0.393 e. The number of halogens is 1. The van der Waals surface area contributed by atoms with Crippen LogP contribution in [0.1, 0.15) is 70.3 Å². The number of aliphatic hydroxyl groups excluding tert-OH is 3. The summed E-state index contributed by atoms with van der Waals surface area (Å²) in [6.07, 6.45) is 4.81. The molecule has 0 amide bonds. The highest BCUT2D eigenvalue weighted by Crippen LogP contribution is 2.39. The average Bonchev–Trinajstić information content (AvgIpc) is 2.93. The van der Waals surface area contributed by atoms with Gasteiger partial charge in [-0.3, -0.25) is 0 Å². The van der Waals surface area contributed by atoms with Crippen molar-refractivity contribution < 1.29 is 24.5 Å². The van der Waals surface area contributed by atoms with E-state index in [1.165, 1.54) is 12.1 Å². The monoisotopic (exact) mass is 404 g/mol. The second kappa shape index (κ2) is 12.1. The zero-order chi connectivity index (χ0) is 21.2. The Morgan fingerprint density at radius 1 is 1.14 bits per heavy atom.